The summed E-state index contributed by atoms with van der Waals surface area (Å²) >= 11 is 1.76. The molecule has 3 nitrogen and oxygen atoms in total. The Kier molecular flexibility index (Phi) is 3.82. The molecule has 1 saturated heterocycles. The number of aromatic nitrogens is 1. The van der Waals surface area contributed by atoms with Crippen molar-refractivity contribution in [3.63, 3.8) is 0 Å². The second-order valence-electron chi connectivity index (χ2n) is 4.59. The molecule has 1 aliphatic rings. The predicted octanol–water partition coefficient (Wildman–Crippen LogP) is 2.41. The molecule has 0 aliphatic carbocycles. The summed E-state index contributed by atoms with van der Waals surface area (Å²) in [6, 6.07) is 0.707. The summed E-state index contributed by atoms with van der Waals surface area (Å²) in [5.74, 6) is 0. The highest BCUT2D eigenvalue weighted by atomic mass is 32.1. The Hall–Kier alpha value is -0.610. The van der Waals surface area contributed by atoms with Gasteiger partial charge in [-0.25, -0.2) is 4.98 Å². The van der Waals surface area contributed by atoms with Gasteiger partial charge in [0.25, 0.3) is 0 Å². The molecule has 1 aromatic heterocycles. The molecule has 2 N–H and O–H groups in total. The van der Waals surface area contributed by atoms with Crippen LogP contribution in [0, 0.1) is 0 Å². The number of hydrogen-bond donors (Lipinski definition) is 1. The van der Waals surface area contributed by atoms with E-state index in [0.717, 1.165) is 13.0 Å². The van der Waals surface area contributed by atoms with Crippen molar-refractivity contribution in [2.45, 2.75) is 51.6 Å². The van der Waals surface area contributed by atoms with Gasteiger partial charge in [-0.15, -0.1) is 11.3 Å². The maximum Gasteiger partial charge on any atom is 0.185 e. The van der Waals surface area contributed by atoms with Crippen LogP contribution in [0.15, 0.2) is 5.38 Å². The average molecular weight is 239 g/mol. The molecule has 0 saturated carbocycles. The zero-order valence-electron chi connectivity index (χ0n) is 10.1. The minimum atomic E-state index is 0.231. The maximum absolute atomic E-state index is 6.07. The van der Waals surface area contributed by atoms with E-state index in [-0.39, 0.29) is 6.04 Å². The molecule has 2 heterocycles. The molecule has 2 rings (SSSR count). The minimum Gasteiger partial charge on any atom is -0.344 e. The first-order valence-corrected chi connectivity index (χ1v) is 7.07. The Bertz CT molecular complexity index is 335. The average Bonchev–Trinajstić information content (AvgIpc) is 2.77. The number of thiazole rings is 1. The van der Waals surface area contributed by atoms with Crippen LogP contribution < -0.4 is 10.6 Å². The van der Waals surface area contributed by atoms with Gasteiger partial charge in [-0.3, -0.25) is 0 Å². The summed E-state index contributed by atoms with van der Waals surface area (Å²) in [7, 11) is 0. The van der Waals surface area contributed by atoms with Gasteiger partial charge >= 0.3 is 0 Å². The number of rotatable bonds is 3. The van der Waals surface area contributed by atoms with Crippen LogP contribution in [0.5, 0.6) is 0 Å². The van der Waals surface area contributed by atoms with Crippen LogP contribution in [0.1, 0.15) is 38.8 Å². The summed E-state index contributed by atoms with van der Waals surface area (Å²) in [6.07, 6.45) is 4.80. The van der Waals surface area contributed by atoms with Crippen molar-refractivity contribution < 1.29 is 0 Å². The molecule has 0 amide bonds. The van der Waals surface area contributed by atoms with Gasteiger partial charge in [0.15, 0.2) is 5.13 Å². The molecule has 4 heteroatoms. The van der Waals surface area contributed by atoms with E-state index in [1.807, 2.05) is 0 Å². The quantitative estimate of drug-likeness (QED) is 0.881. The number of nitrogens with two attached hydrogens (primary N) is 1. The maximum atomic E-state index is 6.07. The molecular formula is C12H21N3S. The van der Waals surface area contributed by atoms with Crippen LogP contribution in [0.4, 0.5) is 5.13 Å². The topological polar surface area (TPSA) is 42.1 Å². The van der Waals surface area contributed by atoms with Gasteiger partial charge in [-0.1, -0.05) is 6.92 Å². The van der Waals surface area contributed by atoms with Gasteiger partial charge in [0.1, 0.15) is 0 Å². The number of nitrogens with zero attached hydrogens (tertiary/aromatic N) is 2. The Morgan fingerprint density at radius 1 is 1.62 bits per heavy atom. The van der Waals surface area contributed by atoms with E-state index < -0.39 is 0 Å². The first-order valence-electron chi connectivity index (χ1n) is 6.19. The van der Waals surface area contributed by atoms with Crippen molar-refractivity contribution in [1.29, 1.82) is 0 Å². The molecular weight excluding hydrogens is 218 g/mol. The van der Waals surface area contributed by atoms with Crippen LogP contribution >= 0.6 is 11.3 Å². The summed E-state index contributed by atoms with van der Waals surface area (Å²) in [5.41, 5.74) is 7.27. The fourth-order valence-corrected chi connectivity index (χ4v) is 3.32. The third kappa shape index (κ3) is 2.38. The highest BCUT2D eigenvalue weighted by Gasteiger charge is 2.27. The lowest BCUT2D eigenvalue weighted by Crippen LogP contribution is -2.49. The van der Waals surface area contributed by atoms with Crippen molar-refractivity contribution in [3.8, 4) is 0 Å². The lowest BCUT2D eigenvalue weighted by molar-refractivity contribution is 0.413. The zero-order valence-corrected chi connectivity index (χ0v) is 11.0. The third-order valence-corrected chi connectivity index (χ3v) is 4.23. The fourth-order valence-electron chi connectivity index (χ4n) is 2.33. The first-order chi connectivity index (χ1) is 7.72. The van der Waals surface area contributed by atoms with E-state index in [1.54, 1.807) is 11.3 Å². The van der Waals surface area contributed by atoms with Crippen molar-refractivity contribution >= 4 is 16.5 Å². The third-order valence-electron chi connectivity index (χ3n) is 3.30. The SMILES string of the molecule is CCc1csc(N2CCCCC2C(C)N)n1. The smallest absolute Gasteiger partial charge is 0.185 e. The van der Waals surface area contributed by atoms with Gasteiger partial charge in [-0.05, 0) is 32.6 Å². The lowest BCUT2D eigenvalue weighted by atomic mass is 9.98. The summed E-state index contributed by atoms with van der Waals surface area (Å²) in [4.78, 5) is 7.09. The van der Waals surface area contributed by atoms with Crippen molar-refractivity contribution in [1.82, 2.24) is 4.98 Å². The number of anilines is 1. The molecule has 2 atom stereocenters. The standard InChI is InChI=1S/C12H21N3S/c1-3-10-8-16-12(14-10)15-7-5-4-6-11(15)9(2)13/h8-9,11H,3-7,13H2,1-2H3. The molecule has 1 aliphatic heterocycles. The van der Waals surface area contributed by atoms with Crippen molar-refractivity contribution in [2.75, 3.05) is 11.4 Å². The minimum absolute atomic E-state index is 0.231. The predicted molar refractivity (Wildman–Crippen MR) is 70.1 cm³/mol. The van der Waals surface area contributed by atoms with Gasteiger partial charge < -0.3 is 10.6 Å². The summed E-state index contributed by atoms with van der Waals surface area (Å²) in [6.45, 7) is 5.37. The van der Waals surface area contributed by atoms with Crippen molar-refractivity contribution in [2.24, 2.45) is 5.73 Å². The largest absolute Gasteiger partial charge is 0.344 e. The molecule has 0 radical (unpaired) electrons. The van der Waals surface area contributed by atoms with Gasteiger partial charge in [-0.2, -0.15) is 0 Å². The molecule has 1 aromatic rings. The van der Waals surface area contributed by atoms with Gasteiger partial charge in [0, 0.05) is 24.0 Å². The molecule has 90 valence electrons. The molecule has 0 aromatic carbocycles. The van der Waals surface area contributed by atoms with Crippen LogP contribution in [-0.2, 0) is 6.42 Å². The Morgan fingerprint density at radius 2 is 2.44 bits per heavy atom. The normalized spacial score (nSPS) is 23.4. The molecule has 0 bridgehead atoms. The summed E-state index contributed by atoms with van der Waals surface area (Å²) < 4.78 is 0. The van der Waals surface area contributed by atoms with Crippen LogP contribution in [-0.4, -0.2) is 23.6 Å². The number of piperidine rings is 1. The molecule has 1 fully saturated rings. The Labute approximate surface area is 102 Å². The second kappa shape index (κ2) is 5.15. The number of aryl methyl sites for hydroxylation is 1. The Balaban J connectivity index is 2.16. The molecule has 16 heavy (non-hydrogen) atoms. The van der Waals surface area contributed by atoms with Gasteiger partial charge in [0.05, 0.1) is 5.69 Å². The van der Waals surface area contributed by atoms with E-state index >= 15 is 0 Å². The van der Waals surface area contributed by atoms with E-state index in [0.29, 0.717) is 6.04 Å². The van der Waals surface area contributed by atoms with E-state index in [9.17, 15) is 0 Å². The number of hydrogen-bond acceptors (Lipinski definition) is 4. The van der Waals surface area contributed by atoms with E-state index in [2.05, 4.69) is 29.1 Å². The highest BCUT2D eigenvalue weighted by Crippen LogP contribution is 2.28. The van der Waals surface area contributed by atoms with Crippen LogP contribution in [0.25, 0.3) is 0 Å². The van der Waals surface area contributed by atoms with Crippen molar-refractivity contribution in [3.05, 3.63) is 11.1 Å². The fraction of sp³-hybridized carbons (Fsp3) is 0.750. The van der Waals surface area contributed by atoms with E-state index in [4.69, 9.17) is 5.73 Å². The zero-order chi connectivity index (χ0) is 11.5. The van der Waals surface area contributed by atoms with E-state index in [1.165, 1.54) is 30.1 Å². The lowest BCUT2D eigenvalue weighted by Gasteiger charge is -2.37. The second-order valence-corrected chi connectivity index (χ2v) is 5.43. The first kappa shape index (κ1) is 11.9. The summed E-state index contributed by atoms with van der Waals surface area (Å²) in [5, 5.41) is 3.33. The van der Waals surface area contributed by atoms with Crippen LogP contribution in [0.3, 0.4) is 0 Å². The monoisotopic (exact) mass is 239 g/mol. The van der Waals surface area contributed by atoms with Crippen LogP contribution in [0.2, 0.25) is 0 Å². The highest BCUT2D eigenvalue weighted by molar-refractivity contribution is 7.13. The van der Waals surface area contributed by atoms with Gasteiger partial charge in [0.2, 0.25) is 0 Å². The molecule has 2 unspecified atom stereocenters. The Morgan fingerprint density at radius 3 is 3.06 bits per heavy atom. The molecule has 0 spiro atoms.